The number of rotatable bonds is 4. The maximum atomic E-state index is 12.8. The van der Waals surface area contributed by atoms with Crippen molar-refractivity contribution in [2.24, 2.45) is 0 Å². The summed E-state index contributed by atoms with van der Waals surface area (Å²) in [5, 5.41) is 10.5. The summed E-state index contributed by atoms with van der Waals surface area (Å²) in [5.41, 5.74) is -1.79. The van der Waals surface area contributed by atoms with Crippen LogP contribution in [0.15, 0.2) is 23.1 Å². The van der Waals surface area contributed by atoms with E-state index in [1.54, 1.807) is 0 Å². The number of carbonyl (C=O) groups is 1. The van der Waals surface area contributed by atoms with Crippen LogP contribution in [0.4, 0.5) is 27.6 Å². The highest BCUT2D eigenvalue weighted by atomic mass is 35.5. The molecule has 2 aromatic rings. The number of aromatic nitrogens is 1. The van der Waals surface area contributed by atoms with Gasteiger partial charge in [0.15, 0.2) is 0 Å². The lowest BCUT2D eigenvalue weighted by molar-refractivity contribution is -0.134. The van der Waals surface area contributed by atoms with E-state index in [2.05, 4.69) is 5.32 Å². The molecule has 26 heavy (non-hydrogen) atoms. The zero-order chi connectivity index (χ0) is 19.6. The molecule has 138 valence electrons. The van der Waals surface area contributed by atoms with E-state index in [1.807, 2.05) is 0 Å². The average Bonchev–Trinajstić information content (AvgIpc) is 2.96. The Kier molecular flexibility index (Phi) is 5.68. The molecule has 0 aromatic carbocycles. The molecule has 5 nitrogen and oxygen atoms in total. The van der Waals surface area contributed by atoms with Gasteiger partial charge < -0.3 is 9.88 Å². The monoisotopic (exact) mass is 411 g/mol. The molecule has 12 heteroatoms. The van der Waals surface area contributed by atoms with Gasteiger partial charge in [0.2, 0.25) is 0 Å². The van der Waals surface area contributed by atoms with Crippen molar-refractivity contribution >= 4 is 34.5 Å². The Hall–Kier alpha value is -2.45. The molecule has 0 saturated carbocycles. The van der Waals surface area contributed by atoms with Crippen molar-refractivity contribution in [1.29, 1.82) is 5.26 Å². The van der Waals surface area contributed by atoms with Crippen LogP contribution in [0.5, 0.6) is 0 Å². The van der Waals surface area contributed by atoms with E-state index in [9.17, 15) is 31.5 Å². The van der Waals surface area contributed by atoms with Crippen molar-refractivity contribution in [3.63, 3.8) is 0 Å². The number of anilines is 1. The van der Waals surface area contributed by atoms with Crippen LogP contribution in [0.2, 0.25) is 5.02 Å². The second-order valence-corrected chi connectivity index (χ2v) is 6.30. The zero-order valence-electron chi connectivity index (χ0n) is 12.4. The third kappa shape index (κ3) is 4.39. The van der Waals surface area contributed by atoms with Gasteiger partial charge in [-0.05, 0) is 12.1 Å². The SMILES string of the molecule is N#Cc1cc(C(=O)Nc2cc(Cl)c(=O)n(CC(F)F)c2)sc1C(F)(F)F. The van der Waals surface area contributed by atoms with Crippen LogP contribution in [0.1, 0.15) is 20.1 Å². The van der Waals surface area contributed by atoms with E-state index in [4.69, 9.17) is 16.9 Å². The van der Waals surface area contributed by atoms with Gasteiger partial charge in [-0.1, -0.05) is 11.6 Å². The van der Waals surface area contributed by atoms with Crippen LogP contribution >= 0.6 is 22.9 Å². The highest BCUT2D eigenvalue weighted by molar-refractivity contribution is 7.14. The predicted octanol–water partition coefficient (Wildman–Crippen LogP) is 3.97. The molecule has 0 fully saturated rings. The molecule has 1 N–H and O–H groups in total. The molecule has 2 heterocycles. The van der Waals surface area contributed by atoms with Gasteiger partial charge in [-0.3, -0.25) is 9.59 Å². The molecular formula is C14H7ClF5N3O2S. The molecule has 0 atom stereocenters. The van der Waals surface area contributed by atoms with E-state index >= 15 is 0 Å². The second-order valence-electron chi connectivity index (χ2n) is 4.84. The van der Waals surface area contributed by atoms with Gasteiger partial charge in [0.1, 0.15) is 16.0 Å². The molecule has 0 aliphatic heterocycles. The predicted molar refractivity (Wildman–Crippen MR) is 83.7 cm³/mol. The van der Waals surface area contributed by atoms with Gasteiger partial charge in [0.05, 0.1) is 22.7 Å². The highest BCUT2D eigenvalue weighted by Gasteiger charge is 2.37. The number of carbonyl (C=O) groups excluding carboxylic acids is 1. The van der Waals surface area contributed by atoms with Crippen molar-refractivity contribution in [3.05, 3.63) is 49.0 Å². The standard InChI is InChI=1S/C14H7ClF5N3O2S/c15-8-2-7(4-23(13(8)25)5-10(16)17)22-12(24)9-1-6(3-21)11(26-9)14(18,19)20/h1-2,4,10H,5H2,(H,22,24). The van der Waals surface area contributed by atoms with Crippen LogP contribution in [0.25, 0.3) is 0 Å². The first-order valence-corrected chi connectivity index (χ1v) is 7.83. The summed E-state index contributed by atoms with van der Waals surface area (Å²) in [5.74, 6) is -1.01. The Labute approximate surface area is 151 Å². The molecule has 0 unspecified atom stereocenters. The lowest BCUT2D eigenvalue weighted by atomic mass is 10.2. The van der Waals surface area contributed by atoms with E-state index in [1.165, 1.54) is 6.07 Å². The first-order chi connectivity index (χ1) is 12.0. The molecule has 0 bridgehead atoms. The molecule has 2 rings (SSSR count). The molecule has 0 saturated heterocycles. The number of hydrogen-bond donors (Lipinski definition) is 1. The van der Waals surface area contributed by atoms with Crippen molar-refractivity contribution < 1.29 is 26.7 Å². The van der Waals surface area contributed by atoms with Gasteiger partial charge in [-0.15, -0.1) is 11.3 Å². The van der Waals surface area contributed by atoms with Crippen molar-refractivity contribution in [2.75, 3.05) is 5.32 Å². The van der Waals surface area contributed by atoms with Gasteiger partial charge >= 0.3 is 6.18 Å². The first-order valence-electron chi connectivity index (χ1n) is 6.63. The van der Waals surface area contributed by atoms with Crippen molar-refractivity contribution in [2.45, 2.75) is 19.1 Å². The number of nitrogens with zero attached hydrogens (tertiary/aromatic N) is 2. The van der Waals surface area contributed by atoms with Crippen LogP contribution < -0.4 is 10.9 Å². The second kappa shape index (κ2) is 7.43. The Morgan fingerprint density at radius 2 is 2.04 bits per heavy atom. The summed E-state index contributed by atoms with van der Waals surface area (Å²) < 4.78 is 63.9. The summed E-state index contributed by atoms with van der Waals surface area (Å²) in [6.07, 6.45) is -6.77. The van der Waals surface area contributed by atoms with E-state index < -0.39 is 51.0 Å². The van der Waals surface area contributed by atoms with Gasteiger partial charge in [0, 0.05) is 6.20 Å². The molecule has 0 radical (unpaired) electrons. The van der Waals surface area contributed by atoms with Crippen molar-refractivity contribution in [1.82, 2.24) is 4.57 Å². The quantitative estimate of drug-likeness (QED) is 0.773. The summed E-state index contributed by atoms with van der Waals surface area (Å²) in [6, 6.07) is 3.09. The molecule has 2 aromatic heterocycles. The normalized spacial score (nSPS) is 11.5. The lowest BCUT2D eigenvalue weighted by Crippen LogP contribution is -2.24. The zero-order valence-corrected chi connectivity index (χ0v) is 14.0. The van der Waals surface area contributed by atoms with Crippen LogP contribution in [-0.4, -0.2) is 16.9 Å². The Bertz CT molecular complexity index is 946. The highest BCUT2D eigenvalue weighted by Crippen LogP contribution is 2.38. The Morgan fingerprint density at radius 1 is 1.38 bits per heavy atom. The summed E-state index contributed by atoms with van der Waals surface area (Å²) in [7, 11) is 0. The van der Waals surface area contributed by atoms with Crippen molar-refractivity contribution in [3.8, 4) is 6.07 Å². The fourth-order valence-electron chi connectivity index (χ4n) is 1.94. The first kappa shape index (κ1) is 19.9. The van der Waals surface area contributed by atoms with Gasteiger partial charge in [-0.25, -0.2) is 8.78 Å². The molecule has 1 amide bonds. The third-order valence-electron chi connectivity index (χ3n) is 2.97. The number of amides is 1. The molecule has 0 aliphatic rings. The van der Waals surface area contributed by atoms with E-state index in [0.29, 0.717) is 4.57 Å². The summed E-state index contributed by atoms with van der Waals surface area (Å²) >= 11 is 5.68. The Morgan fingerprint density at radius 3 is 2.54 bits per heavy atom. The molecule has 0 aliphatic carbocycles. The van der Waals surface area contributed by atoms with Crippen LogP contribution in [0.3, 0.4) is 0 Å². The fraction of sp³-hybridized carbons (Fsp3) is 0.214. The molecular weight excluding hydrogens is 405 g/mol. The van der Waals surface area contributed by atoms with Crippen LogP contribution in [-0.2, 0) is 12.7 Å². The summed E-state index contributed by atoms with van der Waals surface area (Å²) in [6.45, 7) is -0.974. The van der Waals surface area contributed by atoms with Crippen LogP contribution in [0, 0.1) is 11.3 Å². The lowest BCUT2D eigenvalue weighted by Gasteiger charge is -2.09. The number of halogens is 6. The van der Waals surface area contributed by atoms with Gasteiger partial charge in [-0.2, -0.15) is 18.4 Å². The molecule has 0 spiro atoms. The number of hydrogen-bond acceptors (Lipinski definition) is 4. The summed E-state index contributed by atoms with van der Waals surface area (Å²) in [4.78, 5) is 22.1. The third-order valence-corrected chi connectivity index (χ3v) is 4.42. The number of pyridine rings is 1. The van der Waals surface area contributed by atoms with E-state index in [0.717, 1.165) is 18.3 Å². The smallest absolute Gasteiger partial charge is 0.320 e. The fourth-order valence-corrected chi connectivity index (χ4v) is 3.04. The maximum absolute atomic E-state index is 12.8. The Balaban J connectivity index is 2.34. The number of alkyl halides is 5. The van der Waals surface area contributed by atoms with Gasteiger partial charge in [0.25, 0.3) is 17.9 Å². The average molecular weight is 412 g/mol. The topological polar surface area (TPSA) is 74.9 Å². The maximum Gasteiger partial charge on any atom is 0.426 e. The number of nitrogens with one attached hydrogen (secondary N) is 1. The minimum atomic E-state index is -4.80. The number of nitriles is 1. The largest absolute Gasteiger partial charge is 0.426 e. The minimum Gasteiger partial charge on any atom is -0.320 e. The number of thiophene rings is 1. The minimum absolute atomic E-state index is 0.0595. The van der Waals surface area contributed by atoms with E-state index in [-0.39, 0.29) is 17.0 Å².